The third kappa shape index (κ3) is 2.92. The van der Waals surface area contributed by atoms with Crippen molar-refractivity contribution in [3.63, 3.8) is 0 Å². The Morgan fingerprint density at radius 1 is 0.595 bits per heavy atom. The molecule has 0 saturated carbocycles. The number of aliphatic hydroxyl groups is 1. The van der Waals surface area contributed by atoms with Crippen molar-refractivity contribution in [3.05, 3.63) is 154 Å². The number of hydrogen-bond acceptors (Lipinski definition) is 1. The molecule has 0 fully saturated rings. The van der Waals surface area contributed by atoms with Gasteiger partial charge in [0.2, 0.25) is 0 Å². The van der Waals surface area contributed by atoms with E-state index in [2.05, 4.69) is 122 Å². The average molecular weight is 475 g/mol. The predicted molar refractivity (Wildman–Crippen MR) is 154 cm³/mol. The summed E-state index contributed by atoms with van der Waals surface area (Å²) in [5.41, 5.74) is 12.7. The summed E-state index contributed by atoms with van der Waals surface area (Å²) >= 11 is 0. The van der Waals surface area contributed by atoms with Crippen LogP contribution >= 0.6 is 0 Å². The summed E-state index contributed by atoms with van der Waals surface area (Å²) in [4.78, 5) is 0. The second kappa shape index (κ2) is 7.94. The van der Waals surface area contributed by atoms with E-state index in [9.17, 15) is 5.11 Å². The minimum atomic E-state index is -0.336. The Balaban J connectivity index is 1.54. The van der Waals surface area contributed by atoms with Crippen LogP contribution in [0.4, 0.5) is 0 Å². The van der Waals surface area contributed by atoms with Crippen LogP contribution in [0.3, 0.4) is 0 Å². The maximum Gasteiger partial charge on any atom is 0.109 e. The predicted octanol–water partition coefficient (Wildman–Crippen LogP) is 7.35. The first-order chi connectivity index (χ1) is 18.1. The summed E-state index contributed by atoms with van der Waals surface area (Å²) in [6.07, 6.45) is 3.78. The standard InChI is InChI=1S/C36H26O/c1-3-24-21-26(17-16-25(24)20-23(2)37)27-18-19-31-30-12-6-9-15-34(30)36(35(31)22-27)32-13-7-4-10-28(32)29-11-5-8-14-33(29)36/h3-22,37H,2H2,1H3/b24-3-,25-20-. The van der Waals surface area contributed by atoms with E-state index in [0.717, 1.165) is 16.0 Å². The number of aliphatic hydroxyl groups excluding tert-OH is 1. The van der Waals surface area contributed by atoms with Crippen LogP contribution in [-0.4, -0.2) is 5.11 Å². The lowest BCUT2D eigenvalue weighted by Gasteiger charge is -2.30. The third-order valence-corrected chi connectivity index (χ3v) is 8.05. The highest BCUT2D eigenvalue weighted by Crippen LogP contribution is 2.62. The van der Waals surface area contributed by atoms with Gasteiger partial charge in [-0.1, -0.05) is 110 Å². The van der Waals surface area contributed by atoms with Crippen LogP contribution in [-0.2, 0) is 5.41 Å². The topological polar surface area (TPSA) is 20.2 Å². The summed E-state index contributed by atoms with van der Waals surface area (Å²) in [5.74, 6) is 0.0617. The fraction of sp³-hybridized carbons (Fsp3) is 0.0556. The Kier molecular flexibility index (Phi) is 4.65. The van der Waals surface area contributed by atoms with Crippen molar-refractivity contribution in [1.29, 1.82) is 0 Å². The van der Waals surface area contributed by atoms with Crippen LogP contribution in [0, 0.1) is 0 Å². The first-order valence-electron chi connectivity index (χ1n) is 12.7. The van der Waals surface area contributed by atoms with E-state index in [0.29, 0.717) is 0 Å². The minimum absolute atomic E-state index is 0.0617. The Morgan fingerprint density at radius 2 is 1.08 bits per heavy atom. The average Bonchev–Trinajstić information content (AvgIpc) is 3.40. The number of rotatable bonds is 2. The zero-order valence-electron chi connectivity index (χ0n) is 20.7. The highest BCUT2D eigenvalue weighted by Gasteiger charge is 2.51. The molecule has 2 aliphatic rings. The molecule has 0 amide bonds. The van der Waals surface area contributed by atoms with Gasteiger partial charge in [0.25, 0.3) is 0 Å². The number of allylic oxidation sites excluding steroid dienone is 1. The van der Waals surface area contributed by atoms with E-state index < -0.39 is 0 Å². The molecule has 5 aromatic rings. The molecule has 0 aromatic heterocycles. The Morgan fingerprint density at radius 3 is 1.62 bits per heavy atom. The molecule has 1 N–H and O–H groups in total. The molecule has 0 heterocycles. The highest BCUT2D eigenvalue weighted by atomic mass is 16.3. The maximum atomic E-state index is 9.72. The molecule has 1 heteroatoms. The first-order valence-corrected chi connectivity index (χ1v) is 12.7. The summed E-state index contributed by atoms with van der Waals surface area (Å²) in [6, 6.07) is 40.0. The summed E-state index contributed by atoms with van der Waals surface area (Å²) in [7, 11) is 0. The monoisotopic (exact) mass is 474 g/mol. The Hall–Kier alpha value is -4.62. The number of benzene rings is 5. The minimum Gasteiger partial charge on any atom is -0.509 e. The molecule has 5 aromatic carbocycles. The SMILES string of the molecule is C=C(O)/C=c1/ccc(-c2ccc3c(c2)C2(c4ccccc4-c4ccccc42)c2ccccc2-3)c/c1=C/C. The molecule has 0 aliphatic heterocycles. The van der Waals surface area contributed by atoms with Crippen molar-refractivity contribution in [2.24, 2.45) is 0 Å². The van der Waals surface area contributed by atoms with Crippen LogP contribution in [0.2, 0.25) is 0 Å². The van der Waals surface area contributed by atoms with E-state index in [1.165, 1.54) is 50.1 Å². The van der Waals surface area contributed by atoms with Gasteiger partial charge in [-0.15, -0.1) is 0 Å². The van der Waals surface area contributed by atoms with Gasteiger partial charge in [0, 0.05) is 0 Å². The lowest BCUT2D eigenvalue weighted by Crippen LogP contribution is -2.26. The molecule has 2 aliphatic carbocycles. The molecule has 7 rings (SSSR count). The molecule has 0 saturated heterocycles. The Bertz CT molecular complexity index is 1810. The van der Waals surface area contributed by atoms with Gasteiger partial charge in [-0.05, 0) is 91.2 Å². The van der Waals surface area contributed by atoms with Crippen molar-refractivity contribution >= 4 is 12.2 Å². The molecule has 176 valence electrons. The van der Waals surface area contributed by atoms with Crippen molar-refractivity contribution in [1.82, 2.24) is 0 Å². The quantitative estimate of drug-likeness (QED) is 0.260. The van der Waals surface area contributed by atoms with Gasteiger partial charge in [0.1, 0.15) is 5.76 Å². The first kappa shape index (κ1) is 21.6. The van der Waals surface area contributed by atoms with Gasteiger partial charge >= 0.3 is 0 Å². The summed E-state index contributed by atoms with van der Waals surface area (Å²) in [6.45, 7) is 5.65. The second-order valence-corrected chi connectivity index (χ2v) is 9.92. The molecule has 37 heavy (non-hydrogen) atoms. The molecule has 0 atom stereocenters. The van der Waals surface area contributed by atoms with Crippen LogP contribution < -0.4 is 10.4 Å². The van der Waals surface area contributed by atoms with Crippen LogP contribution in [0.15, 0.2) is 122 Å². The van der Waals surface area contributed by atoms with E-state index in [-0.39, 0.29) is 11.2 Å². The van der Waals surface area contributed by atoms with Crippen LogP contribution in [0.5, 0.6) is 0 Å². The van der Waals surface area contributed by atoms with Crippen molar-refractivity contribution < 1.29 is 5.11 Å². The number of fused-ring (bicyclic) bond motifs is 10. The number of hydrogen-bond donors (Lipinski definition) is 1. The van der Waals surface area contributed by atoms with Crippen LogP contribution in [0.25, 0.3) is 45.5 Å². The van der Waals surface area contributed by atoms with Gasteiger partial charge in [0.05, 0.1) is 5.41 Å². The maximum absolute atomic E-state index is 9.72. The molecule has 0 radical (unpaired) electrons. The molecule has 1 nitrogen and oxygen atoms in total. The fourth-order valence-corrected chi connectivity index (χ4v) is 6.59. The lowest BCUT2D eigenvalue weighted by molar-refractivity contribution is 0.444. The molecule has 0 bridgehead atoms. The van der Waals surface area contributed by atoms with Gasteiger partial charge in [0.15, 0.2) is 0 Å². The smallest absolute Gasteiger partial charge is 0.109 e. The Labute approximate surface area is 217 Å². The normalized spacial score (nSPS) is 14.8. The van der Waals surface area contributed by atoms with Gasteiger partial charge in [-0.25, -0.2) is 0 Å². The highest BCUT2D eigenvalue weighted by molar-refractivity contribution is 5.95. The van der Waals surface area contributed by atoms with E-state index in [4.69, 9.17) is 0 Å². The molecular weight excluding hydrogens is 448 g/mol. The molecular formula is C36H26O. The lowest BCUT2D eigenvalue weighted by atomic mass is 9.70. The van der Waals surface area contributed by atoms with Crippen molar-refractivity contribution in [2.75, 3.05) is 0 Å². The zero-order chi connectivity index (χ0) is 25.1. The molecule has 0 unspecified atom stereocenters. The second-order valence-electron chi connectivity index (χ2n) is 9.92. The van der Waals surface area contributed by atoms with Gasteiger partial charge in [-0.3, -0.25) is 0 Å². The third-order valence-electron chi connectivity index (χ3n) is 8.05. The summed E-state index contributed by atoms with van der Waals surface area (Å²) in [5, 5.41) is 11.8. The van der Waals surface area contributed by atoms with Crippen molar-refractivity contribution in [3.8, 4) is 33.4 Å². The molecule has 1 spiro atoms. The fourth-order valence-electron chi connectivity index (χ4n) is 6.59. The van der Waals surface area contributed by atoms with E-state index in [1.807, 2.05) is 6.92 Å². The van der Waals surface area contributed by atoms with Crippen molar-refractivity contribution in [2.45, 2.75) is 12.3 Å². The van der Waals surface area contributed by atoms with Crippen LogP contribution in [0.1, 0.15) is 29.2 Å². The summed E-state index contributed by atoms with van der Waals surface area (Å²) < 4.78 is 0. The zero-order valence-corrected chi connectivity index (χ0v) is 20.7. The van der Waals surface area contributed by atoms with E-state index >= 15 is 0 Å². The van der Waals surface area contributed by atoms with Gasteiger partial charge < -0.3 is 5.11 Å². The largest absolute Gasteiger partial charge is 0.509 e. The van der Waals surface area contributed by atoms with Gasteiger partial charge in [-0.2, -0.15) is 0 Å². The van der Waals surface area contributed by atoms with E-state index in [1.54, 1.807) is 6.08 Å².